The number of nitrogens with zero attached hydrogens (tertiary/aromatic N) is 3. The number of nitrogens with one attached hydrogen (secondary N) is 2. The van der Waals surface area contributed by atoms with Gasteiger partial charge in [0, 0.05) is 36.4 Å². The molecular weight excluding hydrogens is 350 g/mol. The van der Waals surface area contributed by atoms with Crippen LogP contribution in [-0.2, 0) is 6.54 Å². The zero-order chi connectivity index (χ0) is 19.2. The van der Waals surface area contributed by atoms with Gasteiger partial charge < -0.3 is 10.6 Å². The van der Waals surface area contributed by atoms with Crippen molar-refractivity contribution in [3.05, 3.63) is 103 Å². The van der Waals surface area contributed by atoms with Crippen molar-refractivity contribution in [2.75, 3.05) is 5.32 Å². The maximum Gasteiger partial charge on any atom is 0.253 e. The summed E-state index contributed by atoms with van der Waals surface area (Å²) in [6.45, 7) is 0.349. The number of amides is 1. The predicted octanol–water partition coefficient (Wildman–Crippen LogP) is 3.94. The smallest absolute Gasteiger partial charge is 0.253 e. The number of aromatic nitrogens is 3. The molecule has 4 rings (SSSR count). The van der Waals surface area contributed by atoms with Gasteiger partial charge in [0.05, 0.1) is 11.3 Å². The molecule has 1 amide bonds. The summed E-state index contributed by atoms with van der Waals surface area (Å²) < 4.78 is 1.69. The Morgan fingerprint density at radius 2 is 1.71 bits per heavy atom. The lowest BCUT2D eigenvalue weighted by Crippen LogP contribution is -2.24. The summed E-state index contributed by atoms with van der Waals surface area (Å²) in [6.07, 6.45) is 5.23. The molecule has 0 aliphatic heterocycles. The number of benzene rings is 2. The van der Waals surface area contributed by atoms with Gasteiger partial charge in [-0.1, -0.05) is 36.4 Å². The number of para-hydroxylation sites is 2. The normalized spacial score (nSPS) is 10.4. The molecule has 0 atom stereocenters. The monoisotopic (exact) mass is 369 g/mol. The lowest BCUT2D eigenvalue weighted by molar-refractivity contribution is 0.0951. The molecule has 0 fully saturated rings. The van der Waals surface area contributed by atoms with Crippen LogP contribution >= 0.6 is 0 Å². The number of hydrogen-bond acceptors (Lipinski definition) is 4. The summed E-state index contributed by atoms with van der Waals surface area (Å²) in [5.74, 6) is 0.540. The third kappa shape index (κ3) is 3.91. The van der Waals surface area contributed by atoms with Crippen LogP contribution in [0, 0.1) is 0 Å². The van der Waals surface area contributed by atoms with E-state index in [1.807, 2.05) is 72.9 Å². The largest absolute Gasteiger partial charge is 0.355 e. The first kappa shape index (κ1) is 17.5. The van der Waals surface area contributed by atoms with Crippen molar-refractivity contribution in [1.29, 1.82) is 0 Å². The Labute approximate surface area is 162 Å². The van der Waals surface area contributed by atoms with Crippen molar-refractivity contribution in [3.8, 4) is 5.82 Å². The summed E-state index contributed by atoms with van der Waals surface area (Å²) in [4.78, 5) is 17.2. The Morgan fingerprint density at radius 3 is 2.54 bits per heavy atom. The Bertz CT molecular complexity index is 1060. The number of carbonyl (C=O) groups excluding carboxylic acids is 1. The van der Waals surface area contributed by atoms with Gasteiger partial charge in [-0.2, -0.15) is 5.10 Å². The second kappa shape index (κ2) is 8.18. The Morgan fingerprint density at radius 1 is 0.893 bits per heavy atom. The zero-order valence-electron chi connectivity index (χ0n) is 15.1. The van der Waals surface area contributed by atoms with Gasteiger partial charge in [-0.3, -0.25) is 4.79 Å². The molecule has 2 aromatic heterocycles. The second-order valence-electron chi connectivity index (χ2n) is 6.16. The van der Waals surface area contributed by atoms with E-state index in [-0.39, 0.29) is 5.91 Å². The number of rotatable bonds is 6. The van der Waals surface area contributed by atoms with E-state index in [0.29, 0.717) is 17.9 Å². The van der Waals surface area contributed by atoms with Crippen molar-refractivity contribution in [3.63, 3.8) is 0 Å². The number of carbonyl (C=O) groups is 1. The average Bonchev–Trinajstić information content (AvgIpc) is 3.28. The summed E-state index contributed by atoms with van der Waals surface area (Å²) in [5.41, 5.74) is 3.14. The standard InChI is InChI=1S/C22H19N5O/c28-22(19-11-4-5-12-20(19)26-18-9-2-1-3-10-18)24-16-17-8-6-13-23-21(17)27-15-7-14-25-27/h1-15,26H,16H2,(H,24,28). The number of hydrogen-bond donors (Lipinski definition) is 2. The van der Waals surface area contributed by atoms with Crippen molar-refractivity contribution in [1.82, 2.24) is 20.1 Å². The van der Waals surface area contributed by atoms with Gasteiger partial charge in [-0.15, -0.1) is 0 Å². The third-order valence-electron chi connectivity index (χ3n) is 4.25. The lowest BCUT2D eigenvalue weighted by atomic mass is 10.1. The second-order valence-corrected chi connectivity index (χ2v) is 6.16. The number of anilines is 2. The SMILES string of the molecule is O=C(NCc1cccnc1-n1cccn1)c1ccccc1Nc1ccccc1. The maximum atomic E-state index is 12.8. The van der Waals surface area contributed by atoms with Crippen LogP contribution in [0.1, 0.15) is 15.9 Å². The van der Waals surface area contributed by atoms with Crippen LogP contribution in [0.3, 0.4) is 0 Å². The minimum absolute atomic E-state index is 0.158. The fourth-order valence-electron chi connectivity index (χ4n) is 2.91. The summed E-state index contributed by atoms with van der Waals surface area (Å²) in [6, 6.07) is 22.8. The van der Waals surface area contributed by atoms with Crippen molar-refractivity contribution in [2.45, 2.75) is 6.54 Å². The first-order chi connectivity index (χ1) is 13.8. The molecule has 2 N–H and O–H groups in total. The van der Waals surface area contributed by atoms with Crippen LogP contribution < -0.4 is 10.6 Å². The molecule has 0 radical (unpaired) electrons. The van der Waals surface area contributed by atoms with Crippen LogP contribution in [0.2, 0.25) is 0 Å². The summed E-state index contributed by atoms with van der Waals surface area (Å²) in [5, 5.41) is 10.5. The van der Waals surface area contributed by atoms with Crippen molar-refractivity contribution < 1.29 is 4.79 Å². The molecule has 2 aromatic carbocycles. The molecule has 6 heteroatoms. The first-order valence-corrected chi connectivity index (χ1v) is 8.94. The van der Waals surface area contributed by atoms with Gasteiger partial charge in [0.15, 0.2) is 5.82 Å². The fraction of sp³-hybridized carbons (Fsp3) is 0.0455. The molecule has 6 nitrogen and oxygen atoms in total. The molecule has 0 aliphatic carbocycles. The Hall–Kier alpha value is -3.93. The van der Waals surface area contributed by atoms with E-state index in [4.69, 9.17) is 0 Å². The summed E-state index contributed by atoms with van der Waals surface area (Å²) >= 11 is 0. The van der Waals surface area contributed by atoms with E-state index in [1.54, 1.807) is 23.1 Å². The molecular formula is C22H19N5O. The highest BCUT2D eigenvalue weighted by molar-refractivity contribution is 6.00. The molecule has 2 heterocycles. The van der Waals surface area contributed by atoms with Crippen LogP contribution in [-0.4, -0.2) is 20.7 Å². The quantitative estimate of drug-likeness (QED) is 0.540. The predicted molar refractivity (Wildman–Crippen MR) is 109 cm³/mol. The van der Waals surface area contributed by atoms with E-state index >= 15 is 0 Å². The third-order valence-corrected chi connectivity index (χ3v) is 4.25. The minimum Gasteiger partial charge on any atom is -0.355 e. The molecule has 0 saturated carbocycles. The van der Waals surface area contributed by atoms with Gasteiger partial charge in [0.1, 0.15) is 0 Å². The zero-order valence-corrected chi connectivity index (χ0v) is 15.1. The average molecular weight is 369 g/mol. The molecule has 0 spiro atoms. The van der Waals surface area contributed by atoms with E-state index in [1.165, 1.54) is 0 Å². The van der Waals surface area contributed by atoms with Crippen molar-refractivity contribution >= 4 is 17.3 Å². The Balaban J connectivity index is 1.51. The van der Waals surface area contributed by atoms with Crippen LogP contribution in [0.5, 0.6) is 0 Å². The van der Waals surface area contributed by atoms with Gasteiger partial charge in [-0.25, -0.2) is 9.67 Å². The van der Waals surface area contributed by atoms with Crippen LogP contribution in [0.4, 0.5) is 11.4 Å². The fourth-order valence-corrected chi connectivity index (χ4v) is 2.91. The van der Waals surface area contributed by atoms with Crippen LogP contribution in [0.15, 0.2) is 91.4 Å². The summed E-state index contributed by atoms with van der Waals surface area (Å²) in [7, 11) is 0. The molecule has 0 saturated heterocycles. The van der Waals surface area contributed by atoms with E-state index in [9.17, 15) is 4.79 Å². The topological polar surface area (TPSA) is 71.8 Å². The van der Waals surface area contributed by atoms with Gasteiger partial charge >= 0.3 is 0 Å². The molecule has 0 aliphatic rings. The van der Waals surface area contributed by atoms with E-state index in [0.717, 1.165) is 16.9 Å². The molecule has 0 unspecified atom stereocenters. The maximum absolute atomic E-state index is 12.8. The molecule has 0 bridgehead atoms. The molecule has 138 valence electrons. The van der Waals surface area contributed by atoms with Crippen LogP contribution in [0.25, 0.3) is 5.82 Å². The lowest BCUT2D eigenvalue weighted by Gasteiger charge is -2.13. The highest BCUT2D eigenvalue weighted by atomic mass is 16.1. The minimum atomic E-state index is -0.158. The van der Waals surface area contributed by atoms with Gasteiger partial charge in [-0.05, 0) is 36.4 Å². The molecule has 28 heavy (non-hydrogen) atoms. The number of pyridine rings is 1. The van der Waals surface area contributed by atoms with Crippen molar-refractivity contribution in [2.24, 2.45) is 0 Å². The van der Waals surface area contributed by atoms with Gasteiger partial charge in [0.2, 0.25) is 0 Å². The first-order valence-electron chi connectivity index (χ1n) is 8.94. The van der Waals surface area contributed by atoms with Gasteiger partial charge in [0.25, 0.3) is 5.91 Å². The highest BCUT2D eigenvalue weighted by Gasteiger charge is 2.13. The van der Waals surface area contributed by atoms with E-state index in [2.05, 4.69) is 20.7 Å². The Kier molecular flexibility index (Phi) is 5.11. The highest BCUT2D eigenvalue weighted by Crippen LogP contribution is 2.21. The molecule has 4 aromatic rings. The van der Waals surface area contributed by atoms with E-state index < -0.39 is 0 Å².